The number of ether oxygens (including phenoxy) is 1. The average molecular weight is 646 g/mol. The molecule has 0 bridgehead atoms. The number of para-hydroxylation sites is 1. The molecule has 0 radical (unpaired) electrons. The largest absolute Gasteiger partial charge is 0.439 e. The number of anilines is 3. The van der Waals surface area contributed by atoms with Crippen molar-refractivity contribution >= 4 is 57.9 Å². The summed E-state index contributed by atoms with van der Waals surface area (Å²) in [6, 6.07) is 23.7. The summed E-state index contributed by atoms with van der Waals surface area (Å²) < 4.78 is 31.0. The lowest BCUT2D eigenvalue weighted by Crippen LogP contribution is -2.44. The number of hydrogen-bond donors (Lipinski definition) is 2. The van der Waals surface area contributed by atoms with Crippen molar-refractivity contribution < 1.29 is 17.9 Å². The van der Waals surface area contributed by atoms with E-state index in [1.165, 1.54) is 0 Å². The number of hydrogen-bond acceptors (Lipinski definition) is 7. The van der Waals surface area contributed by atoms with Gasteiger partial charge in [0.2, 0.25) is 15.9 Å². The van der Waals surface area contributed by atoms with Crippen LogP contribution in [0.2, 0.25) is 0 Å². The van der Waals surface area contributed by atoms with Crippen LogP contribution in [-0.4, -0.2) is 54.7 Å². The summed E-state index contributed by atoms with van der Waals surface area (Å²) in [6.45, 7) is 4.18. The van der Waals surface area contributed by atoms with Crippen LogP contribution in [0.3, 0.4) is 0 Å². The normalized spacial score (nSPS) is 14.6. The van der Waals surface area contributed by atoms with E-state index < -0.39 is 10.0 Å². The van der Waals surface area contributed by atoms with Crippen LogP contribution in [-0.2, 0) is 16.6 Å². The fourth-order valence-corrected chi connectivity index (χ4v) is 5.29. The number of amides is 2. The summed E-state index contributed by atoms with van der Waals surface area (Å²) in [6.07, 6.45) is 5.40. The molecular formula is C30H34Cl2N6O4S. The van der Waals surface area contributed by atoms with Gasteiger partial charge in [0.15, 0.2) is 0 Å². The second kappa shape index (κ2) is 15.0. The highest BCUT2D eigenvalue weighted by molar-refractivity contribution is 7.92. The van der Waals surface area contributed by atoms with Crippen LogP contribution < -0.4 is 19.7 Å². The molecule has 2 amide bonds. The molecule has 13 heteroatoms. The minimum atomic E-state index is -3.34. The summed E-state index contributed by atoms with van der Waals surface area (Å²) in [5.41, 5.74) is 3.89. The number of rotatable bonds is 9. The van der Waals surface area contributed by atoms with Crippen LogP contribution in [0, 0.1) is 6.92 Å². The maximum Gasteiger partial charge on any atom is 0.326 e. The van der Waals surface area contributed by atoms with Gasteiger partial charge in [0.05, 0.1) is 24.2 Å². The smallest absolute Gasteiger partial charge is 0.326 e. The highest BCUT2D eigenvalue weighted by atomic mass is 35.5. The zero-order valence-electron chi connectivity index (χ0n) is 23.7. The van der Waals surface area contributed by atoms with E-state index in [0.29, 0.717) is 29.5 Å². The van der Waals surface area contributed by atoms with E-state index in [0.717, 1.165) is 42.7 Å². The molecule has 0 aliphatic carbocycles. The van der Waals surface area contributed by atoms with Crippen molar-refractivity contribution in [2.75, 3.05) is 34.3 Å². The van der Waals surface area contributed by atoms with E-state index in [1.807, 2.05) is 66.4 Å². The Hall–Kier alpha value is -3.90. The Kier molecular flexibility index (Phi) is 11.7. The minimum Gasteiger partial charge on any atom is -0.439 e. The first-order chi connectivity index (χ1) is 19.7. The highest BCUT2D eigenvalue weighted by Gasteiger charge is 2.32. The number of benzene rings is 2. The van der Waals surface area contributed by atoms with E-state index in [2.05, 4.69) is 24.9 Å². The van der Waals surface area contributed by atoms with Crippen LogP contribution in [0.1, 0.15) is 17.7 Å². The number of nitrogens with one attached hydrogen (secondary N) is 2. The summed E-state index contributed by atoms with van der Waals surface area (Å²) in [7, 11) is -3.34. The monoisotopic (exact) mass is 644 g/mol. The molecule has 0 saturated carbocycles. The van der Waals surface area contributed by atoms with Crippen LogP contribution >= 0.6 is 24.8 Å². The van der Waals surface area contributed by atoms with E-state index in [-0.39, 0.29) is 36.9 Å². The number of aryl methyl sites for hydroxylation is 1. The van der Waals surface area contributed by atoms with E-state index in [1.54, 1.807) is 36.7 Å². The molecule has 2 aromatic heterocycles. The Bertz CT molecular complexity index is 1580. The zero-order chi connectivity index (χ0) is 28.8. The molecule has 3 heterocycles. The molecular weight excluding hydrogens is 611 g/mol. The lowest BCUT2D eigenvalue weighted by molar-refractivity contribution is 0.254. The third-order valence-corrected chi connectivity index (χ3v) is 7.22. The Labute approximate surface area is 264 Å². The van der Waals surface area contributed by atoms with Crippen molar-refractivity contribution in [3.05, 3.63) is 103 Å². The third kappa shape index (κ3) is 9.55. The molecule has 1 aliphatic heterocycles. The second-order valence-electron chi connectivity index (χ2n) is 10.0. The maximum atomic E-state index is 13.4. The molecule has 0 spiro atoms. The van der Waals surface area contributed by atoms with E-state index >= 15 is 0 Å². The fraction of sp³-hybridized carbons (Fsp3) is 0.233. The van der Waals surface area contributed by atoms with Crippen molar-refractivity contribution in [3.63, 3.8) is 0 Å². The van der Waals surface area contributed by atoms with Gasteiger partial charge < -0.3 is 10.1 Å². The van der Waals surface area contributed by atoms with Crippen molar-refractivity contribution in [1.29, 1.82) is 0 Å². The van der Waals surface area contributed by atoms with Gasteiger partial charge in [-0.15, -0.1) is 24.8 Å². The number of carbonyl (C=O) groups excluding carboxylic acids is 1. The van der Waals surface area contributed by atoms with Crippen molar-refractivity contribution in [2.24, 2.45) is 0 Å². The third-order valence-electron chi connectivity index (χ3n) is 6.61. The van der Waals surface area contributed by atoms with Gasteiger partial charge in [0.25, 0.3) is 0 Å². The van der Waals surface area contributed by atoms with E-state index in [9.17, 15) is 13.2 Å². The Morgan fingerprint density at radius 2 is 1.67 bits per heavy atom. The van der Waals surface area contributed by atoms with Gasteiger partial charge in [-0.3, -0.25) is 19.5 Å². The zero-order valence-corrected chi connectivity index (χ0v) is 26.2. The van der Waals surface area contributed by atoms with Gasteiger partial charge >= 0.3 is 6.03 Å². The van der Waals surface area contributed by atoms with E-state index in [4.69, 9.17) is 4.74 Å². The van der Waals surface area contributed by atoms with Gasteiger partial charge in [0.1, 0.15) is 5.75 Å². The van der Waals surface area contributed by atoms with Gasteiger partial charge in [-0.2, -0.15) is 0 Å². The summed E-state index contributed by atoms with van der Waals surface area (Å²) in [4.78, 5) is 26.3. The lowest BCUT2D eigenvalue weighted by atomic mass is 10.2. The number of sulfonamides is 1. The van der Waals surface area contributed by atoms with Gasteiger partial charge in [0, 0.05) is 49.0 Å². The van der Waals surface area contributed by atoms with Gasteiger partial charge in [-0.05, 0) is 67.4 Å². The van der Waals surface area contributed by atoms with Gasteiger partial charge in [-0.1, -0.05) is 24.3 Å². The fourth-order valence-electron chi connectivity index (χ4n) is 4.72. The Morgan fingerprint density at radius 3 is 2.30 bits per heavy atom. The molecule has 1 saturated heterocycles. The Balaban J connectivity index is 0.00000253. The molecule has 0 unspecified atom stereocenters. The maximum absolute atomic E-state index is 13.4. The molecule has 1 atom stereocenters. The first kappa shape index (κ1) is 33.6. The number of nitrogens with zero attached hydrogens (tertiary/aromatic N) is 4. The summed E-state index contributed by atoms with van der Waals surface area (Å²) in [5, 5.41) is 3.00. The van der Waals surface area contributed by atoms with Crippen LogP contribution in [0.15, 0.2) is 91.3 Å². The molecule has 5 rings (SSSR count). The number of aromatic nitrogens is 2. The number of carbonyl (C=O) groups is 1. The molecule has 228 valence electrons. The standard InChI is InChI=1S/C30H32N6O4S.2ClH/c1-22-8-10-25(19-31-22)33-30(37)36(26-6-4-3-5-7-26)27-16-17-35(21-27)20-23-9-15-29(32-18-23)40-28-13-11-24(12-14-28)34-41(2,38)39;;/h3-15,18-19,27,34H,16-17,20-21H2,1-2H3,(H,33,37);2*1H/t27-;;/m0../s1. The molecule has 1 aliphatic rings. The molecule has 43 heavy (non-hydrogen) atoms. The SMILES string of the molecule is Cc1ccc(NC(=O)N(c2ccccc2)[C@H]2CCN(Cc3ccc(Oc4ccc(NS(C)(=O)=O)cc4)nc3)C2)cn1.Cl.Cl. The second-order valence-corrected chi connectivity index (χ2v) is 11.8. The number of likely N-dealkylation sites (tertiary alicyclic amines) is 1. The van der Waals surface area contributed by atoms with Crippen LogP contribution in [0.5, 0.6) is 11.6 Å². The number of urea groups is 1. The minimum absolute atomic E-state index is 0. The summed E-state index contributed by atoms with van der Waals surface area (Å²) >= 11 is 0. The molecule has 2 N–H and O–H groups in total. The predicted octanol–water partition coefficient (Wildman–Crippen LogP) is 6.11. The molecule has 1 fully saturated rings. The topological polar surface area (TPSA) is 117 Å². The molecule has 10 nitrogen and oxygen atoms in total. The average Bonchev–Trinajstić information content (AvgIpc) is 3.40. The molecule has 4 aromatic rings. The highest BCUT2D eigenvalue weighted by Crippen LogP contribution is 2.26. The Morgan fingerprint density at radius 1 is 0.953 bits per heavy atom. The van der Waals surface area contributed by atoms with Crippen molar-refractivity contribution in [1.82, 2.24) is 14.9 Å². The number of pyridine rings is 2. The molecule has 2 aromatic carbocycles. The first-order valence-corrected chi connectivity index (χ1v) is 15.1. The summed E-state index contributed by atoms with van der Waals surface area (Å²) in [5.74, 6) is 0.988. The lowest BCUT2D eigenvalue weighted by Gasteiger charge is -2.29. The number of halogens is 2. The first-order valence-electron chi connectivity index (χ1n) is 13.2. The predicted molar refractivity (Wildman–Crippen MR) is 174 cm³/mol. The van der Waals surface area contributed by atoms with Gasteiger partial charge in [-0.25, -0.2) is 18.2 Å². The van der Waals surface area contributed by atoms with Crippen molar-refractivity contribution in [2.45, 2.75) is 25.9 Å². The van der Waals surface area contributed by atoms with Crippen LogP contribution in [0.4, 0.5) is 21.9 Å². The van der Waals surface area contributed by atoms with Crippen LogP contribution in [0.25, 0.3) is 0 Å². The van der Waals surface area contributed by atoms with Crippen molar-refractivity contribution in [3.8, 4) is 11.6 Å². The quantitative estimate of drug-likeness (QED) is 0.226.